The summed E-state index contributed by atoms with van der Waals surface area (Å²) in [5, 5.41) is 8.89. The zero-order valence-electron chi connectivity index (χ0n) is 11.8. The van der Waals surface area contributed by atoms with E-state index < -0.39 is 16.0 Å². The van der Waals surface area contributed by atoms with Gasteiger partial charge in [0.1, 0.15) is 10.6 Å². The first-order valence-electron chi connectivity index (χ1n) is 6.21. The highest BCUT2D eigenvalue weighted by Gasteiger charge is 2.19. The van der Waals surface area contributed by atoms with Crippen molar-refractivity contribution in [3.8, 4) is 0 Å². The van der Waals surface area contributed by atoms with Crippen molar-refractivity contribution in [2.75, 3.05) is 19.8 Å². The molecule has 0 spiro atoms. The lowest BCUT2D eigenvalue weighted by molar-refractivity contribution is 0.0686. The highest BCUT2D eigenvalue weighted by molar-refractivity contribution is 7.89. The Hall–Kier alpha value is -1.38. The fourth-order valence-electron chi connectivity index (χ4n) is 1.54. The molecule has 0 radical (unpaired) electrons. The van der Waals surface area contributed by atoms with Crippen molar-refractivity contribution in [3.05, 3.63) is 18.0 Å². The molecule has 114 valence electrons. The van der Waals surface area contributed by atoms with E-state index in [1.807, 2.05) is 13.8 Å². The molecule has 1 aromatic heterocycles. The van der Waals surface area contributed by atoms with Gasteiger partial charge in [-0.25, -0.2) is 17.9 Å². The van der Waals surface area contributed by atoms with Crippen molar-refractivity contribution < 1.29 is 23.1 Å². The molecule has 1 heterocycles. The molecule has 0 aliphatic carbocycles. The molecule has 1 aromatic rings. The highest BCUT2D eigenvalue weighted by Crippen LogP contribution is 2.13. The number of hydrogen-bond donors (Lipinski definition) is 2. The van der Waals surface area contributed by atoms with Crippen LogP contribution in [0.3, 0.4) is 0 Å². The molecule has 1 rings (SSSR count). The van der Waals surface area contributed by atoms with Gasteiger partial charge in [0, 0.05) is 26.4 Å². The Morgan fingerprint density at radius 1 is 1.50 bits per heavy atom. The Kier molecular flexibility index (Phi) is 5.73. The molecule has 7 nitrogen and oxygen atoms in total. The number of aryl methyl sites for hydroxylation is 1. The van der Waals surface area contributed by atoms with Gasteiger partial charge in [0.2, 0.25) is 10.0 Å². The van der Waals surface area contributed by atoms with Gasteiger partial charge >= 0.3 is 5.97 Å². The maximum Gasteiger partial charge on any atom is 0.352 e. The van der Waals surface area contributed by atoms with Crippen molar-refractivity contribution in [1.29, 1.82) is 0 Å². The number of sulfonamides is 1. The molecule has 0 saturated carbocycles. The second-order valence-electron chi connectivity index (χ2n) is 4.84. The first kappa shape index (κ1) is 16.7. The smallest absolute Gasteiger partial charge is 0.352 e. The summed E-state index contributed by atoms with van der Waals surface area (Å²) in [6.07, 6.45) is 1.26. The van der Waals surface area contributed by atoms with Crippen molar-refractivity contribution in [2.45, 2.75) is 18.7 Å². The van der Waals surface area contributed by atoms with Crippen LogP contribution in [0.1, 0.15) is 24.3 Å². The van der Waals surface area contributed by atoms with Crippen molar-refractivity contribution in [2.24, 2.45) is 13.0 Å². The van der Waals surface area contributed by atoms with E-state index in [1.165, 1.54) is 17.8 Å². The van der Waals surface area contributed by atoms with E-state index in [4.69, 9.17) is 9.84 Å². The molecule has 0 atom stereocenters. The summed E-state index contributed by atoms with van der Waals surface area (Å²) in [6, 6.07) is 1.12. The summed E-state index contributed by atoms with van der Waals surface area (Å²) in [5.74, 6) is -0.784. The van der Waals surface area contributed by atoms with Crippen LogP contribution in [0.25, 0.3) is 0 Å². The molecule has 0 bridgehead atoms. The van der Waals surface area contributed by atoms with Crippen LogP contribution < -0.4 is 4.72 Å². The van der Waals surface area contributed by atoms with Gasteiger partial charge in [-0.2, -0.15) is 0 Å². The summed E-state index contributed by atoms with van der Waals surface area (Å²) >= 11 is 0. The van der Waals surface area contributed by atoms with E-state index in [-0.39, 0.29) is 23.7 Å². The minimum atomic E-state index is -3.71. The van der Waals surface area contributed by atoms with Gasteiger partial charge < -0.3 is 14.4 Å². The molecular formula is C12H20N2O5S. The third-order valence-electron chi connectivity index (χ3n) is 2.50. The number of ether oxygens (including phenoxy) is 1. The fraction of sp³-hybridized carbons (Fsp3) is 0.583. The number of carboxylic acids is 1. The lowest BCUT2D eigenvalue weighted by Gasteiger charge is -2.07. The van der Waals surface area contributed by atoms with Crippen LogP contribution in [-0.2, 0) is 21.8 Å². The second-order valence-corrected chi connectivity index (χ2v) is 6.61. The first-order valence-corrected chi connectivity index (χ1v) is 7.69. The number of nitrogens with zero attached hydrogens (tertiary/aromatic N) is 1. The van der Waals surface area contributed by atoms with Crippen molar-refractivity contribution in [1.82, 2.24) is 9.29 Å². The number of carboxylic acid groups (broad SMARTS) is 1. The number of nitrogens with one attached hydrogen (secondary N) is 1. The third-order valence-corrected chi connectivity index (χ3v) is 3.93. The Morgan fingerprint density at radius 3 is 2.65 bits per heavy atom. The van der Waals surface area contributed by atoms with E-state index in [0.717, 1.165) is 6.07 Å². The van der Waals surface area contributed by atoms with E-state index in [2.05, 4.69) is 4.72 Å². The van der Waals surface area contributed by atoms with Crippen molar-refractivity contribution in [3.63, 3.8) is 0 Å². The molecule has 20 heavy (non-hydrogen) atoms. The number of aromatic nitrogens is 1. The number of rotatable bonds is 8. The predicted molar refractivity (Wildman–Crippen MR) is 73.2 cm³/mol. The summed E-state index contributed by atoms with van der Waals surface area (Å²) in [4.78, 5) is 10.8. The predicted octanol–water partition coefficient (Wildman–Crippen LogP) is 0.674. The summed E-state index contributed by atoms with van der Waals surface area (Å²) in [5.41, 5.74) is -0.0820. The Labute approximate surface area is 118 Å². The number of hydrogen-bond acceptors (Lipinski definition) is 4. The van der Waals surface area contributed by atoms with Crippen molar-refractivity contribution >= 4 is 16.0 Å². The summed E-state index contributed by atoms with van der Waals surface area (Å²) in [6.45, 7) is 4.99. The fourth-order valence-corrected chi connectivity index (χ4v) is 2.63. The molecule has 0 aliphatic heterocycles. The van der Waals surface area contributed by atoms with Gasteiger partial charge in [-0.3, -0.25) is 0 Å². The van der Waals surface area contributed by atoms with Crippen LogP contribution in [0, 0.1) is 5.92 Å². The highest BCUT2D eigenvalue weighted by atomic mass is 32.2. The summed E-state index contributed by atoms with van der Waals surface area (Å²) < 4.78 is 32.8. The first-order chi connectivity index (χ1) is 9.24. The summed E-state index contributed by atoms with van der Waals surface area (Å²) in [7, 11) is -2.23. The number of aromatic carboxylic acids is 1. The Morgan fingerprint density at radius 2 is 2.15 bits per heavy atom. The maximum absolute atomic E-state index is 11.9. The quantitative estimate of drug-likeness (QED) is 0.688. The topological polar surface area (TPSA) is 97.6 Å². The molecule has 0 aliphatic rings. The number of carbonyl (C=O) groups is 1. The lowest BCUT2D eigenvalue weighted by Crippen LogP contribution is -2.27. The van der Waals surface area contributed by atoms with E-state index in [0.29, 0.717) is 12.5 Å². The maximum atomic E-state index is 11.9. The zero-order valence-corrected chi connectivity index (χ0v) is 12.6. The van der Waals surface area contributed by atoms with Crippen LogP contribution in [0.4, 0.5) is 0 Å². The molecule has 2 N–H and O–H groups in total. The van der Waals surface area contributed by atoms with Gasteiger partial charge in [-0.05, 0) is 12.0 Å². The average Bonchev–Trinajstić information content (AvgIpc) is 2.71. The standard InChI is InChI=1S/C12H20N2O5S/c1-9(2)8-19-5-4-13-20(17,18)10-6-11(12(15)16)14(3)7-10/h6-7,9,13H,4-5,8H2,1-3H3,(H,15,16). The van der Waals surface area contributed by atoms with Gasteiger partial charge in [-0.15, -0.1) is 0 Å². The van der Waals surface area contributed by atoms with Gasteiger partial charge in [0.15, 0.2) is 0 Å². The third kappa shape index (κ3) is 4.62. The Bertz CT molecular complexity index is 562. The minimum Gasteiger partial charge on any atom is -0.477 e. The molecule has 8 heteroatoms. The lowest BCUT2D eigenvalue weighted by atomic mass is 10.2. The monoisotopic (exact) mass is 304 g/mol. The van der Waals surface area contributed by atoms with Gasteiger partial charge in [0.25, 0.3) is 0 Å². The largest absolute Gasteiger partial charge is 0.477 e. The molecule has 0 aromatic carbocycles. The van der Waals surface area contributed by atoms with Crippen LogP contribution in [0.5, 0.6) is 0 Å². The van der Waals surface area contributed by atoms with Crippen LogP contribution in [-0.4, -0.2) is 43.8 Å². The molecule has 0 amide bonds. The normalized spacial score (nSPS) is 12.0. The second kappa shape index (κ2) is 6.87. The minimum absolute atomic E-state index is 0.0683. The van der Waals surface area contributed by atoms with E-state index in [9.17, 15) is 13.2 Å². The van der Waals surface area contributed by atoms with Gasteiger partial charge in [-0.1, -0.05) is 13.8 Å². The van der Waals surface area contributed by atoms with Crippen LogP contribution in [0.2, 0.25) is 0 Å². The zero-order chi connectivity index (χ0) is 15.3. The van der Waals surface area contributed by atoms with E-state index in [1.54, 1.807) is 0 Å². The van der Waals surface area contributed by atoms with Crippen LogP contribution >= 0.6 is 0 Å². The van der Waals surface area contributed by atoms with E-state index >= 15 is 0 Å². The molecule has 0 fully saturated rings. The molecule has 0 unspecified atom stereocenters. The molecule has 0 saturated heterocycles. The van der Waals surface area contributed by atoms with Gasteiger partial charge in [0.05, 0.1) is 6.61 Å². The van der Waals surface area contributed by atoms with Crippen LogP contribution in [0.15, 0.2) is 17.2 Å². The SMILES string of the molecule is CC(C)COCCNS(=O)(=O)c1cc(C(=O)O)n(C)c1. The molecular weight excluding hydrogens is 284 g/mol. The average molecular weight is 304 g/mol. The Balaban J connectivity index is 2.61.